The van der Waals surface area contributed by atoms with Gasteiger partial charge in [0.05, 0.1) is 10.5 Å². The molecular weight excluding hydrogens is 314 g/mol. The summed E-state index contributed by atoms with van der Waals surface area (Å²) in [5.41, 5.74) is 3.95. The molecule has 5 heteroatoms. The standard InChI is InChI=1S/C14H13BrF2N2/c15-12-3-1-2-11(14(12)17)13(19-18)8-9-4-6-10(16)7-5-9/h1-7,13,19H,8,18H2. The molecule has 3 N–H and O–H groups in total. The van der Waals surface area contributed by atoms with E-state index in [0.29, 0.717) is 16.5 Å². The first-order valence-electron chi connectivity index (χ1n) is 5.76. The quantitative estimate of drug-likeness (QED) is 0.667. The molecule has 0 aromatic heterocycles. The van der Waals surface area contributed by atoms with Gasteiger partial charge < -0.3 is 0 Å². The third-order valence-electron chi connectivity index (χ3n) is 2.91. The molecule has 0 fully saturated rings. The predicted molar refractivity (Wildman–Crippen MR) is 74.3 cm³/mol. The zero-order valence-corrected chi connectivity index (χ0v) is 11.6. The fourth-order valence-corrected chi connectivity index (χ4v) is 2.29. The summed E-state index contributed by atoms with van der Waals surface area (Å²) in [5, 5.41) is 0. The second-order valence-corrected chi connectivity index (χ2v) is 5.05. The first kappa shape index (κ1) is 14.1. The number of rotatable bonds is 4. The lowest BCUT2D eigenvalue weighted by Gasteiger charge is -2.17. The summed E-state index contributed by atoms with van der Waals surface area (Å²) in [6.45, 7) is 0. The summed E-state index contributed by atoms with van der Waals surface area (Å²) >= 11 is 3.15. The SMILES string of the molecule is NNC(Cc1ccc(F)cc1)c1cccc(Br)c1F. The normalized spacial score (nSPS) is 12.4. The number of hydrazine groups is 1. The van der Waals surface area contributed by atoms with Crippen LogP contribution < -0.4 is 11.3 Å². The Morgan fingerprint density at radius 1 is 1.11 bits per heavy atom. The van der Waals surface area contributed by atoms with Crippen molar-refractivity contribution in [1.82, 2.24) is 5.43 Å². The minimum Gasteiger partial charge on any atom is -0.271 e. The molecule has 2 rings (SSSR count). The van der Waals surface area contributed by atoms with Gasteiger partial charge in [0.2, 0.25) is 0 Å². The van der Waals surface area contributed by atoms with Crippen LogP contribution in [0.2, 0.25) is 0 Å². The highest BCUT2D eigenvalue weighted by atomic mass is 79.9. The van der Waals surface area contributed by atoms with E-state index in [9.17, 15) is 8.78 Å². The molecule has 0 saturated heterocycles. The maximum absolute atomic E-state index is 14.0. The van der Waals surface area contributed by atoms with Crippen LogP contribution in [0.25, 0.3) is 0 Å². The van der Waals surface area contributed by atoms with E-state index >= 15 is 0 Å². The van der Waals surface area contributed by atoms with Gasteiger partial charge in [0, 0.05) is 5.56 Å². The van der Waals surface area contributed by atoms with Crippen LogP contribution in [-0.2, 0) is 6.42 Å². The molecule has 0 aliphatic heterocycles. The number of nitrogens with one attached hydrogen (secondary N) is 1. The van der Waals surface area contributed by atoms with Crippen molar-refractivity contribution in [3.05, 3.63) is 69.7 Å². The molecule has 2 aromatic carbocycles. The minimum atomic E-state index is -0.372. The molecule has 0 heterocycles. The van der Waals surface area contributed by atoms with E-state index in [1.807, 2.05) is 0 Å². The third-order valence-corrected chi connectivity index (χ3v) is 3.52. The average Bonchev–Trinajstić information content (AvgIpc) is 2.42. The molecule has 0 bridgehead atoms. The summed E-state index contributed by atoms with van der Waals surface area (Å²) in [5.74, 6) is 4.86. The maximum Gasteiger partial charge on any atom is 0.142 e. The van der Waals surface area contributed by atoms with Gasteiger partial charge in [-0.05, 0) is 46.1 Å². The fourth-order valence-electron chi connectivity index (χ4n) is 1.90. The first-order valence-corrected chi connectivity index (χ1v) is 6.55. The second-order valence-electron chi connectivity index (χ2n) is 4.19. The highest BCUT2D eigenvalue weighted by molar-refractivity contribution is 9.10. The molecule has 2 aromatic rings. The van der Waals surface area contributed by atoms with Crippen LogP contribution in [0.1, 0.15) is 17.2 Å². The zero-order chi connectivity index (χ0) is 13.8. The minimum absolute atomic E-state index is 0.297. The Labute approximate surface area is 118 Å². The summed E-state index contributed by atoms with van der Waals surface area (Å²) in [4.78, 5) is 0. The Balaban J connectivity index is 2.25. The Kier molecular flexibility index (Phi) is 4.63. The molecule has 0 aliphatic carbocycles. The lowest BCUT2D eigenvalue weighted by Crippen LogP contribution is -2.30. The van der Waals surface area contributed by atoms with Gasteiger partial charge in [-0.25, -0.2) is 8.78 Å². The monoisotopic (exact) mass is 326 g/mol. The van der Waals surface area contributed by atoms with Crippen molar-refractivity contribution in [2.24, 2.45) is 5.84 Å². The van der Waals surface area contributed by atoms with Gasteiger partial charge in [0.1, 0.15) is 11.6 Å². The van der Waals surface area contributed by atoms with Gasteiger partial charge in [-0.2, -0.15) is 0 Å². The molecule has 1 atom stereocenters. The predicted octanol–water partition coefficient (Wildman–Crippen LogP) is 3.47. The molecule has 19 heavy (non-hydrogen) atoms. The number of halogens is 3. The Morgan fingerprint density at radius 2 is 1.79 bits per heavy atom. The molecule has 1 unspecified atom stereocenters. The van der Waals surface area contributed by atoms with Crippen LogP contribution in [0.5, 0.6) is 0 Å². The van der Waals surface area contributed by atoms with Crippen LogP contribution in [0.15, 0.2) is 46.9 Å². The first-order chi connectivity index (χ1) is 9.11. The molecule has 100 valence electrons. The van der Waals surface area contributed by atoms with Crippen LogP contribution in [-0.4, -0.2) is 0 Å². The van der Waals surface area contributed by atoms with E-state index in [4.69, 9.17) is 5.84 Å². The van der Waals surface area contributed by atoms with Gasteiger partial charge in [0.15, 0.2) is 0 Å². The molecular formula is C14H13BrF2N2. The van der Waals surface area contributed by atoms with Crippen molar-refractivity contribution in [2.45, 2.75) is 12.5 Å². The van der Waals surface area contributed by atoms with Gasteiger partial charge in [-0.15, -0.1) is 0 Å². The van der Waals surface area contributed by atoms with Crippen molar-refractivity contribution >= 4 is 15.9 Å². The smallest absolute Gasteiger partial charge is 0.142 e. The summed E-state index contributed by atoms with van der Waals surface area (Å²) in [7, 11) is 0. The fraction of sp³-hybridized carbons (Fsp3) is 0.143. The van der Waals surface area contributed by atoms with Crippen molar-refractivity contribution in [3.63, 3.8) is 0 Å². The highest BCUT2D eigenvalue weighted by Gasteiger charge is 2.16. The number of hydrogen-bond acceptors (Lipinski definition) is 2. The zero-order valence-electron chi connectivity index (χ0n) is 10.0. The van der Waals surface area contributed by atoms with Gasteiger partial charge in [-0.1, -0.05) is 24.3 Å². The number of hydrogen-bond donors (Lipinski definition) is 2. The Bertz CT molecular complexity index is 558. The molecule has 0 amide bonds. The van der Waals surface area contributed by atoms with Crippen molar-refractivity contribution < 1.29 is 8.78 Å². The number of nitrogens with two attached hydrogens (primary N) is 1. The van der Waals surface area contributed by atoms with Crippen molar-refractivity contribution in [2.75, 3.05) is 0 Å². The van der Waals surface area contributed by atoms with E-state index < -0.39 is 0 Å². The summed E-state index contributed by atoms with van der Waals surface area (Å²) in [6, 6.07) is 10.8. The lowest BCUT2D eigenvalue weighted by molar-refractivity contribution is 0.507. The van der Waals surface area contributed by atoms with Crippen molar-refractivity contribution in [3.8, 4) is 0 Å². The van der Waals surface area contributed by atoms with E-state index in [0.717, 1.165) is 5.56 Å². The van der Waals surface area contributed by atoms with E-state index in [1.165, 1.54) is 12.1 Å². The van der Waals surface area contributed by atoms with Crippen LogP contribution in [0.4, 0.5) is 8.78 Å². The molecule has 0 spiro atoms. The maximum atomic E-state index is 14.0. The van der Waals surface area contributed by atoms with Gasteiger partial charge >= 0.3 is 0 Å². The topological polar surface area (TPSA) is 38.0 Å². The van der Waals surface area contributed by atoms with E-state index in [-0.39, 0.29) is 17.7 Å². The number of benzene rings is 2. The van der Waals surface area contributed by atoms with Crippen molar-refractivity contribution in [1.29, 1.82) is 0 Å². The summed E-state index contributed by atoms with van der Waals surface area (Å²) in [6.07, 6.45) is 0.476. The van der Waals surface area contributed by atoms with Crippen LogP contribution in [0, 0.1) is 11.6 Å². The lowest BCUT2D eigenvalue weighted by atomic mass is 9.99. The van der Waals surface area contributed by atoms with E-state index in [1.54, 1.807) is 30.3 Å². The average molecular weight is 327 g/mol. The molecule has 0 aliphatic rings. The van der Waals surface area contributed by atoms with Gasteiger partial charge in [0.25, 0.3) is 0 Å². The Morgan fingerprint density at radius 3 is 2.42 bits per heavy atom. The van der Waals surface area contributed by atoms with E-state index in [2.05, 4.69) is 21.4 Å². The third kappa shape index (κ3) is 3.37. The molecule has 0 radical (unpaired) electrons. The summed E-state index contributed by atoms with van der Waals surface area (Å²) < 4.78 is 27.2. The molecule has 2 nitrogen and oxygen atoms in total. The Hall–Kier alpha value is -1.30. The second kappa shape index (κ2) is 6.23. The van der Waals surface area contributed by atoms with Gasteiger partial charge in [-0.3, -0.25) is 11.3 Å². The van der Waals surface area contributed by atoms with Crippen LogP contribution in [0.3, 0.4) is 0 Å². The highest BCUT2D eigenvalue weighted by Crippen LogP contribution is 2.25. The largest absolute Gasteiger partial charge is 0.271 e. The van der Waals surface area contributed by atoms with Crippen LogP contribution >= 0.6 is 15.9 Å². The molecule has 0 saturated carbocycles.